The van der Waals surface area contributed by atoms with Crippen LogP contribution in [0.25, 0.3) is 0 Å². The van der Waals surface area contributed by atoms with Crippen molar-refractivity contribution in [2.75, 3.05) is 0 Å². The lowest BCUT2D eigenvalue weighted by Gasteiger charge is -2.33. The van der Waals surface area contributed by atoms with E-state index in [9.17, 15) is 0 Å². The van der Waals surface area contributed by atoms with Crippen molar-refractivity contribution in [3.63, 3.8) is 0 Å². The van der Waals surface area contributed by atoms with Crippen molar-refractivity contribution in [1.82, 2.24) is 0 Å². The van der Waals surface area contributed by atoms with Gasteiger partial charge in [0.05, 0.1) is 0 Å². The Morgan fingerprint density at radius 3 is 0.676 bits per heavy atom. The van der Waals surface area contributed by atoms with Crippen molar-refractivity contribution in [1.29, 1.82) is 0 Å². The number of rotatable bonds is 16. The SMILES string of the molecule is Cc1ccc(C(C)(C)c2ccc(OP3(Oc4ccccc4)=NP(Oc4ccccc4)(Oc4ccccc4)=NP(Oc4ccccc4)(Oc4ccc(C(C)(C)c5ccc(C)cc5)cc4)=N3)cc2)cc1. The summed E-state index contributed by atoms with van der Waals surface area (Å²) >= 11 is 0. The van der Waals surface area contributed by atoms with Crippen molar-refractivity contribution >= 4 is 23.0 Å². The van der Waals surface area contributed by atoms with Gasteiger partial charge in [0.1, 0.15) is 34.5 Å². The highest BCUT2D eigenvalue weighted by Crippen LogP contribution is 2.78. The predicted octanol–water partition coefficient (Wildman–Crippen LogP) is 17.6. The summed E-state index contributed by atoms with van der Waals surface area (Å²) < 4.78 is 58.5. The van der Waals surface area contributed by atoms with E-state index in [-0.39, 0.29) is 10.8 Å². The van der Waals surface area contributed by atoms with Gasteiger partial charge in [0.25, 0.3) is 0 Å². The van der Waals surface area contributed by atoms with E-state index in [1.54, 1.807) is 0 Å². The summed E-state index contributed by atoms with van der Waals surface area (Å²) in [7, 11) is -12.2. The summed E-state index contributed by atoms with van der Waals surface area (Å²) in [6.45, 7) is 13.0. The first kappa shape index (κ1) is 46.4. The summed E-state index contributed by atoms with van der Waals surface area (Å²) in [6.07, 6.45) is 0. The Hall–Kier alpha value is -6.75. The number of nitrogens with zero attached hydrogens (tertiary/aromatic N) is 3. The van der Waals surface area contributed by atoms with Crippen molar-refractivity contribution in [3.05, 3.63) is 252 Å². The molecular weight excluding hydrogens is 904 g/mol. The molecule has 0 saturated carbocycles. The molecule has 2 unspecified atom stereocenters. The molecule has 0 amide bonds. The van der Waals surface area contributed by atoms with Crippen LogP contribution in [0.4, 0.5) is 0 Å². The quantitative estimate of drug-likeness (QED) is 0.0896. The molecular formula is C56H54N3O6P3. The molecule has 1 aliphatic rings. The molecule has 0 aliphatic carbocycles. The zero-order valence-electron chi connectivity index (χ0n) is 38.9. The highest BCUT2D eigenvalue weighted by atomic mass is 31.3. The standard InChI is InChI=1S/C56H54N3O6P3/c1-43-27-31-45(32-28-43)55(3,4)47-35-39-53(40-36-47)64-67(62-51-23-15-9-16-24-51)57-66(60-49-19-11-7-12-20-49,61-50-21-13-8-14-22-50)58-68(59-67,63-52-25-17-10-18-26-52)65-54-41-37-48(38-42-54)56(5,6)46-33-29-44(2)30-34-46/h7-42H,1-6H3. The number of benzene rings is 8. The lowest BCUT2D eigenvalue weighted by molar-refractivity contribution is 0.443. The third-order valence-corrected chi connectivity index (χ3v) is 19.8. The van der Waals surface area contributed by atoms with E-state index in [1.807, 2.05) is 146 Å². The van der Waals surface area contributed by atoms with Gasteiger partial charge in [-0.25, -0.2) is 0 Å². The number of hydrogen-bond acceptors (Lipinski definition) is 9. The van der Waals surface area contributed by atoms with Crippen LogP contribution in [0.15, 0.2) is 232 Å². The molecule has 0 aromatic heterocycles. The summed E-state index contributed by atoms with van der Waals surface area (Å²) in [5.74, 6) is 2.70. The Morgan fingerprint density at radius 2 is 0.456 bits per heavy atom. The Kier molecular flexibility index (Phi) is 13.3. The van der Waals surface area contributed by atoms with Crippen LogP contribution in [0.3, 0.4) is 0 Å². The van der Waals surface area contributed by atoms with Gasteiger partial charge in [-0.05, 0) is 109 Å². The van der Waals surface area contributed by atoms with Crippen LogP contribution in [-0.4, -0.2) is 0 Å². The molecule has 344 valence electrons. The average Bonchev–Trinajstić information content (AvgIpc) is 3.33. The lowest BCUT2D eigenvalue weighted by Crippen LogP contribution is -2.18. The van der Waals surface area contributed by atoms with E-state index in [2.05, 4.69) is 114 Å². The van der Waals surface area contributed by atoms with Crippen molar-refractivity contribution < 1.29 is 27.1 Å². The maximum Gasteiger partial charge on any atom is 0.460 e. The minimum atomic E-state index is -4.07. The molecule has 8 aromatic carbocycles. The number of para-hydroxylation sites is 4. The molecule has 0 saturated heterocycles. The van der Waals surface area contributed by atoms with Crippen molar-refractivity contribution in [3.8, 4) is 34.5 Å². The van der Waals surface area contributed by atoms with Gasteiger partial charge in [-0.3, -0.25) is 0 Å². The fourth-order valence-electron chi connectivity index (χ4n) is 7.65. The van der Waals surface area contributed by atoms with Crippen LogP contribution < -0.4 is 27.1 Å². The van der Waals surface area contributed by atoms with Gasteiger partial charge in [0, 0.05) is 10.8 Å². The van der Waals surface area contributed by atoms with Crippen LogP contribution in [0.2, 0.25) is 0 Å². The highest BCUT2D eigenvalue weighted by molar-refractivity contribution is 7.79. The normalized spacial score (nSPS) is 17.6. The monoisotopic (exact) mass is 957 g/mol. The summed E-state index contributed by atoms with van der Waals surface area (Å²) in [6, 6.07) is 70.5. The first-order chi connectivity index (χ1) is 32.8. The Labute approximate surface area is 400 Å². The maximum atomic E-state index is 7.15. The minimum absolute atomic E-state index is 0.311. The van der Waals surface area contributed by atoms with Crippen LogP contribution in [-0.2, 0) is 10.8 Å². The molecule has 9 nitrogen and oxygen atoms in total. The fraction of sp³-hybridized carbons (Fsp3) is 0.143. The van der Waals surface area contributed by atoms with Crippen LogP contribution in [0, 0.1) is 13.8 Å². The van der Waals surface area contributed by atoms with Crippen molar-refractivity contribution in [2.24, 2.45) is 13.5 Å². The van der Waals surface area contributed by atoms with E-state index in [0.29, 0.717) is 34.5 Å². The first-order valence-electron chi connectivity index (χ1n) is 22.4. The second-order valence-corrected chi connectivity index (χ2v) is 23.8. The summed E-state index contributed by atoms with van der Waals surface area (Å²) in [4.78, 5) is 0. The van der Waals surface area contributed by atoms with Gasteiger partial charge < -0.3 is 27.1 Å². The van der Waals surface area contributed by atoms with Gasteiger partial charge >= 0.3 is 23.0 Å². The van der Waals surface area contributed by atoms with E-state index >= 15 is 0 Å². The smallest absolute Gasteiger partial charge is 0.413 e. The van der Waals surface area contributed by atoms with Crippen LogP contribution >= 0.6 is 23.0 Å². The van der Waals surface area contributed by atoms with E-state index in [4.69, 9.17) is 40.7 Å². The topological polar surface area (TPSA) is 92.5 Å². The number of aryl methyl sites for hydroxylation is 2. The van der Waals surface area contributed by atoms with E-state index in [1.165, 1.54) is 22.3 Å². The number of hydrogen-bond donors (Lipinski definition) is 0. The van der Waals surface area contributed by atoms with Crippen LogP contribution in [0.5, 0.6) is 34.5 Å². The minimum Gasteiger partial charge on any atom is -0.413 e. The average molecular weight is 958 g/mol. The molecule has 0 bridgehead atoms. The molecule has 0 spiro atoms. The largest absolute Gasteiger partial charge is 0.460 e. The highest BCUT2D eigenvalue weighted by Gasteiger charge is 2.49. The molecule has 0 radical (unpaired) electrons. The molecule has 68 heavy (non-hydrogen) atoms. The van der Waals surface area contributed by atoms with Gasteiger partial charge in [-0.2, -0.15) is 0 Å². The molecule has 8 aromatic rings. The van der Waals surface area contributed by atoms with Crippen LogP contribution in [0.1, 0.15) is 61.1 Å². The predicted molar refractivity (Wildman–Crippen MR) is 277 cm³/mol. The van der Waals surface area contributed by atoms with Gasteiger partial charge in [0.15, 0.2) is 0 Å². The summed E-state index contributed by atoms with van der Waals surface area (Å²) in [5, 5.41) is 0. The molecule has 1 heterocycles. The second kappa shape index (κ2) is 19.5. The van der Waals surface area contributed by atoms with Crippen molar-refractivity contribution in [2.45, 2.75) is 52.4 Å². The third-order valence-electron chi connectivity index (χ3n) is 11.7. The Balaban J connectivity index is 1.26. The zero-order valence-corrected chi connectivity index (χ0v) is 41.6. The first-order valence-corrected chi connectivity index (χ1v) is 27.0. The lowest BCUT2D eigenvalue weighted by atomic mass is 9.78. The van der Waals surface area contributed by atoms with Gasteiger partial charge in [0.2, 0.25) is 0 Å². The maximum absolute atomic E-state index is 7.15. The van der Waals surface area contributed by atoms with E-state index in [0.717, 1.165) is 11.1 Å². The second-order valence-electron chi connectivity index (χ2n) is 17.6. The molecule has 0 N–H and O–H groups in total. The Morgan fingerprint density at radius 1 is 0.265 bits per heavy atom. The molecule has 1 aliphatic heterocycles. The fourth-order valence-corrected chi connectivity index (χ4v) is 16.7. The van der Waals surface area contributed by atoms with Gasteiger partial charge in [-0.1, -0.05) is 198 Å². The summed E-state index contributed by atoms with van der Waals surface area (Å²) in [5.41, 5.74) is 6.35. The van der Waals surface area contributed by atoms with Gasteiger partial charge in [-0.15, -0.1) is 0 Å². The third kappa shape index (κ3) is 10.7. The zero-order chi connectivity index (χ0) is 47.2. The molecule has 0 fully saturated rings. The Bertz CT molecular complexity index is 2940. The molecule has 9 rings (SSSR count). The molecule has 12 heteroatoms. The molecule has 2 atom stereocenters. The van der Waals surface area contributed by atoms with E-state index < -0.39 is 23.0 Å².